The van der Waals surface area contributed by atoms with E-state index in [2.05, 4.69) is 52.6 Å². The zero-order chi connectivity index (χ0) is 15.5. The lowest BCUT2D eigenvalue weighted by Gasteiger charge is -2.36. The molecule has 0 unspecified atom stereocenters. The predicted molar refractivity (Wildman–Crippen MR) is 106 cm³/mol. The summed E-state index contributed by atoms with van der Waals surface area (Å²) in [6, 6.07) is 0. The van der Waals surface area contributed by atoms with Crippen LogP contribution in [0.1, 0.15) is 13.8 Å². The van der Waals surface area contributed by atoms with Gasteiger partial charge < -0.3 is 20.4 Å². The first-order valence-electron chi connectivity index (χ1n) is 7.27. The molecule has 1 saturated heterocycles. The predicted octanol–water partition coefficient (Wildman–Crippen LogP) is 1.54. The van der Waals surface area contributed by atoms with Crippen LogP contribution in [0.4, 0.5) is 5.13 Å². The van der Waals surface area contributed by atoms with E-state index >= 15 is 0 Å². The number of nitrogens with two attached hydrogens (primary N) is 1. The van der Waals surface area contributed by atoms with Crippen molar-refractivity contribution >= 4 is 46.4 Å². The van der Waals surface area contributed by atoms with Gasteiger partial charge >= 0.3 is 0 Å². The SMILES string of the molecule is CN(C)C(C)(C)CN=C(N)N1CCN(c2nccs2)CC1.I. The number of hydrogen-bond donors (Lipinski definition) is 1. The van der Waals surface area contributed by atoms with Gasteiger partial charge in [-0.25, -0.2) is 4.98 Å². The van der Waals surface area contributed by atoms with Gasteiger partial charge in [0.1, 0.15) is 0 Å². The molecule has 2 N–H and O–H groups in total. The number of hydrogen-bond acceptors (Lipinski definition) is 5. The molecule has 1 aliphatic heterocycles. The molecule has 8 heteroatoms. The van der Waals surface area contributed by atoms with Gasteiger partial charge in [0.05, 0.1) is 6.54 Å². The Balaban J connectivity index is 0.00000242. The Kier molecular flexibility index (Phi) is 7.33. The average Bonchev–Trinajstić information content (AvgIpc) is 2.99. The van der Waals surface area contributed by atoms with Crippen LogP contribution >= 0.6 is 35.3 Å². The highest BCUT2D eigenvalue weighted by Crippen LogP contribution is 2.18. The van der Waals surface area contributed by atoms with Crippen LogP contribution in [0.3, 0.4) is 0 Å². The molecule has 1 aliphatic rings. The molecule has 0 radical (unpaired) electrons. The minimum absolute atomic E-state index is 0. The van der Waals surface area contributed by atoms with Crippen LogP contribution in [0, 0.1) is 0 Å². The molecule has 2 rings (SSSR count). The quantitative estimate of drug-likeness (QED) is 0.439. The van der Waals surface area contributed by atoms with Crippen molar-refractivity contribution < 1.29 is 0 Å². The van der Waals surface area contributed by atoms with E-state index in [1.54, 1.807) is 11.3 Å². The van der Waals surface area contributed by atoms with Gasteiger partial charge in [0.15, 0.2) is 11.1 Å². The van der Waals surface area contributed by atoms with E-state index in [9.17, 15) is 0 Å². The van der Waals surface area contributed by atoms with E-state index in [0.29, 0.717) is 12.5 Å². The highest BCUT2D eigenvalue weighted by molar-refractivity contribution is 14.0. The molecule has 0 atom stereocenters. The fraction of sp³-hybridized carbons (Fsp3) is 0.714. The summed E-state index contributed by atoms with van der Waals surface area (Å²) in [7, 11) is 4.14. The van der Waals surface area contributed by atoms with Crippen molar-refractivity contribution in [2.24, 2.45) is 10.7 Å². The first kappa shape index (κ1) is 19.4. The third-order valence-electron chi connectivity index (χ3n) is 4.13. The van der Waals surface area contributed by atoms with Crippen LogP contribution in [0.15, 0.2) is 16.6 Å². The van der Waals surface area contributed by atoms with Gasteiger partial charge in [0.2, 0.25) is 0 Å². The zero-order valence-electron chi connectivity index (χ0n) is 13.8. The van der Waals surface area contributed by atoms with E-state index in [-0.39, 0.29) is 29.5 Å². The molecule has 0 amide bonds. The lowest BCUT2D eigenvalue weighted by molar-refractivity contribution is 0.204. The number of halogens is 1. The van der Waals surface area contributed by atoms with Gasteiger partial charge in [-0.05, 0) is 27.9 Å². The van der Waals surface area contributed by atoms with E-state index < -0.39 is 0 Å². The first-order chi connectivity index (χ1) is 9.90. The Morgan fingerprint density at radius 1 is 1.36 bits per heavy atom. The molecular formula is C14H27IN6S. The molecule has 0 bridgehead atoms. The third-order valence-corrected chi connectivity index (χ3v) is 4.96. The maximum absolute atomic E-state index is 6.15. The minimum Gasteiger partial charge on any atom is -0.370 e. The summed E-state index contributed by atoms with van der Waals surface area (Å²) < 4.78 is 0. The lowest BCUT2D eigenvalue weighted by atomic mass is 10.1. The molecule has 126 valence electrons. The molecule has 0 aromatic carbocycles. The van der Waals surface area contributed by atoms with Gasteiger partial charge in [-0.1, -0.05) is 0 Å². The monoisotopic (exact) mass is 438 g/mol. The Hall–Kier alpha value is -0.610. The van der Waals surface area contributed by atoms with Gasteiger partial charge in [-0.2, -0.15) is 0 Å². The maximum Gasteiger partial charge on any atom is 0.191 e. The number of aromatic nitrogens is 1. The summed E-state index contributed by atoms with van der Waals surface area (Å²) in [6.07, 6.45) is 1.85. The number of aliphatic imine (C=N–C) groups is 1. The normalized spacial score (nSPS) is 16.9. The van der Waals surface area contributed by atoms with Gasteiger partial charge in [-0.15, -0.1) is 35.3 Å². The molecule has 22 heavy (non-hydrogen) atoms. The number of thiazole rings is 1. The van der Waals surface area contributed by atoms with Crippen LogP contribution < -0.4 is 10.6 Å². The van der Waals surface area contributed by atoms with E-state index in [1.165, 1.54) is 0 Å². The van der Waals surface area contributed by atoms with Crippen LogP contribution in [0.5, 0.6) is 0 Å². The van der Waals surface area contributed by atoms with Crippen molar-refractivity contribution in [3.8, 4) is 0 Å². The van der Waals surface area contributed by atoms with Crippen LogP contribution in [-0.4, -0.2) is 73.1 Å². The molecule has 1 aromatic rings. The van der Waals surface area contributed by atoms with E-state index in [1.807, 2.05) is 11.6 Å². The summed E-state index contributed by atoms with van der Waals surface area (Å²) in [4.78, 5) is 15.6. The second-order valence-corrected chi connectivity index (χ2v) is 7.04. The standard InChI is InChI=1S/C14H26N6S.HI/c1-14(2,18(3)4)11-17-12(15)19-6-8-20(9-7-19)13-16-5-10-21-13;/h5,10H,6-9,11H2,1-4H3,(H2,15,17);1H. The molecule has 1 fully saturated rings. The number of guanidine groups is 1. The summed E-state index contributed by atoms with van der Waals surface area (Å²) >= 11 is 1.69. The Bertz CT molecular complexity index is 466. The summed E-state index contributed by atoms with van der Waals surface area (Å²) in [5, 5.41) is 3.11. The summed E-state index contributed by atoms with van der Waals surface area (Å²) in [6.45, 7) is 8.74. The first-order valence-corrected chi connectivity index (χ1v) is 8.15. The highest BCUT2D eigenvalue weighted by atomic mass is 127. The van der Waals surface area contributed by atoms with E-state index in [0.717, 1.165) is 31.3 Å². The van der Waals surface area contributed by atoms with E-state index in [4.69, 9.17) is 5.73 Å². The zero-order valence-corrected chi connectivity index (χ0v) is 17.0. The Morgan fingerprint density at radius 2 is 2.00 bits per heavy atom. The summed E-state index contributed by atoms with van der Waals surface area (Å²) in [5.41, 5.74) is 6.17. The molecule has 0 spiro atoms. The second-order valence-electron chi connectivity index (χ2n) is 6.17. The molecule has 0 saturated carbocycles. The average molecular weight is 438 g/mol. The van der Waals surface area contributed by atoms with Crippen LogP contribution in [0.25, 0.3) is 0 Å². The number of likely N-dealkylation sites (N-methyl/N-ethyl adjacent to an activating group) is 1. The number of piperazine rings is 1. The van der Waals surface area contributed by atoms with Crippen LogP contribution in [0.2, 0.25) is 0 Å². The summed E-state index contributed by atoms with van der Waals surface area (Å²) in [5.74, 6) is 0.656. The van der Waals surface area contributed by atoms with Crippen molar-refractivity contribution in [3.05, 3.63) is 11.6 Å². The molecule has 0 aliphatic carbocycles. The highest BCUT2D eigenvalue weighted by Gasteiger charge is 2.22. The number of rotatable bonds is 4. The van der Waals surface area contributed by atoms with Crippen molar-refractivity contribution in [3.63, 3.8) is 0 Å². The molecule has 1 aromatic heterocycles. The topological polar surface area (TPSA) is 61.0 Å². The van der Waals surface area contributed by atoms with Crippen molar-refractivity contribution in [2.75, 3.05) is 51.7 Å². The number of nitrogens with zero attached hydrogens (tertiary/aromatic N) is 5. The largest absolute Gasteiger partial charge is 0.370 e. The van der Waals surface area contributed by atoms with Gasteiger partial charge in [-0.3, -0.25) is 4.99 Å². The molecular weight excluding hydrogens is 411 g/mol. The molecule has 2 heterocycles. The van der Waals surface area contributed by atoms with Gasteiger partial charge in [0, 0.05) is 43.3 Å². The Labute approximate surface area is 154 Å². The second kappa shape index (κ2) is 8.30. The fourth-order valence-corrected chi connectivity index (χ4v) is 2.71. The van der Waals surface area contributed by atoms with Gasteiger partial charge in [0.25, 0.3) is 0 Å². The minimum atomic E-state index is 0. The smallest absolute Gasteiger partial charge is 0.191 e. The van der Waals surface area contributed by atoms with Crippen LogP contribution in [-0.2, 0) is 0 Å². The fourth-order valence-electron chi connectivity index (χ4n) is 2.01. The molecule has 6 nitrogen and oxygen atoms in total. The number of anilines is 1. The lowest BCUT2D eigenvalue weighted by Crippen LogP contribution is -2.51. The third kappa shape index (κ3) is 4.95. The van der Waals surface area contributed by atoms with Crippen molar-refractivity contribution in [1.82, 2.24) is 14.8 Å². The van der Waals surface area contributed by atoms with Crippen molar-refractivity contribution in [1.29, 1.82) is 0 Å². The maximum atomic E-state index is 6.15. The van der Waals surface area contributed by atoms with Crippen molar-refractivity contribution in [2.45, 2.75) is 19.4 Å². The Morgan fingerprint density at radius 3 is 2.50 bits per heavy atom.